The first-order valence-electron chi connectivity index (χ1n) is 15.0. The van der Waals surface area contributed by atoms with Crippen molar-refractivity contribution in [2.24, 2.45) is 0 Å². The quantitative estimate of drug-likeness (QED) is 0.152. The molecule has 1 atom stereocenters. The summed E-state index contributed by atoms with van der Waals surface area (Å²) in [6.07, 6.45) is 3.22. The SMILES string of the molecule is CC1=C(C(=O)OCc2ccccc2)C(c2ccc(OCC(=O)N3CCCCC3)cc2)n2nc(SCc3ccccc3Cl)nc2N1. The molecule has 2 aliphatic rings. The van der Waals surface area contributed by atoms with Crippen LogP contribution in [0.4, 0.5) is 5.95 Å². The van der Waals surface area contributed by atoms with Crippen LogP contribution in [0.2, 0.25) is 5.02 Å². The average Bonchev–Trinajstić information content (AvgIpc) is 3.48. The number of amides is 1. The van der Waals surface area contributed by atoms with Gasteiger partial charge in [-0.15, -0.1) is 5.10 Å². The highest BCUT2D eigenvalue weighted by Gasteiger charge is 2.35. The standard InChI is InChI=1S/C34H34ClN5O4S/c1-23-30(32(42)44-20-24-10-4-2-5-11-24)31(25-14-16-27(17-15-25)43-21-29(41)39-18-8-3-9-19-39)40-33(36-23)37-34(38-40)45-22-26-12-6-7-13-28(26)35/h2,4-7,10-17,31H,3,8-9,18-22H2,1H3,(H,36,37,38). The summed E-state index contributed by atoms with van der Waals surface area (Å²) < 4.78 is 13.4. The summed E-state index contributed by atoms with van der Waals surface area (Å²) in [6.45, 7) is 3.53. The molecule has 1 amide bonds. The summed E-state index contributed by atoms with van der Waals surface area (Å²) in [7, 11) is 0. The molecule has 1 saturated heterocycles. The predicted octanol–water partition coefficient (Wildman–Crippen LogP) is 6.65. The van der Waals surface area contributed by atoms with Gasteiger partial charge in [0.15, 0.2) is 6.61 Å². The van der Waals surface area contributed by atoms with Crippen LogP contribution in [0.5, 0.6) is 5.75 Å². The maximum absolute atomic E-state index is 13.7. The fraction of sp³-hybridized carbons (Fsp3) is 0.294. The Bertz CT molecular complexity index is 1690. The van der Waals surface area contributed by atoms with Crippen molar-refractivity contribution in [1.82, 2.24) is 19.7 Å². The molecule has 9 nitrogen and oxygen atoms in total. The maximum Gasteiger partial charge on any atom is 0.338 e. The Morgan fingerprint density at radius 2 is 1.71 bits per heavy atom. The van der Waals surface area contributed by atoms with Gasteiger partial charge in [-0.05, 0) is 61.1 Å². The number of nitrogens with one attached hydrogen (secondary N) is 1. The van der Waals surface area contributed by atoms with Gasteiger partial charge in [0.25, 0.3) is 5.91 Å². The number of aromatic nitrogens is 3. The van der Waals surface area contributed by atoms with E-state index in [1.54, 1.807) is 4.68 Å². The first-order chi connectivity index (χ1) is 22.0. The molecule has 45 heavy (non-hydrogen) atoms. The summed E-state index contributed by atoms with van der Waals surface area (Å²) in [4.78, 5) is 32.9. The molecule has 0 bridgehead atoms. The van der Waals surface area contributed by atoms with E-state index in [1.165, 1.54) is 11.8 Å². The molecule has 3 heterocycles. The fourth-order valence-electron chi connectivity index (χ4n) is 5.45. The largest absolute Gasteiger partial charge is 0.484 e. The number of ether oxygens (including phenoxy) is 2. The zero-order valence-corrected chi connectivity index (χ0v) is 26.5. The number of hydrogen-bond donors (Lipinski definition) is 1. The number of benzene rings is 3. The molecular weight excluding hydrogens is 610 g/mol. The molecule has 6 rings (SSSR count). The van der Waals surface area contributed by atoms with E-state index in [0.717, 1.165) is 49.0 Å². The normalized spacial score (nSPS) is 16.1. The number of anilines is 1. The van der Waals surface area contributed by atoms with Crippen molar-refractivity contribution >= 4 is 41.2 Å². The van der Waals surface area contributed by atoms with Crippen molar-refractivity contribution in [3.63, 3.8) is 0 Å². The number of esters is 1. The highest BCUT2D eigenvalue weighted by Crippen LogP contribution is 2.38. The molecule has 1 unspecified atom stereocenters. The second-order valence-corrected chi connectivity index (χ2v) is 12.3. The van der Waals surface area contributed by atoms with Crippen LogP contribution in [0, 0.1) is 0 Å². The first-order valence-corrected chi connectivity index (χ1v) is 16.3. The number of thioether (sulfide) groups is 1. The number of fused-ring (bicyclic) bond motifs is 1. The van der Waals surface area contributed by atoms with E-state index in [0.29, 0.717) is 38.9 Å². The van der Waals surface area contributed by atoms with Crippen LogP contribution in [0.25, 0.3) is 0 Å². The fourth-order valence-corrected chi connectivity index (χ4v) is 6.56. The molecule has 1 aromatic heterocycles. The van der Waals surface area contributed by atoms with Gasteiger partial charge in [0, 0.05) is 29.6 Å². The van der Waals surface area contributed by atoms with Crippen LogP contribution in [0.3, 0.4) is 0 Å². The second kappa shape index (κ2) is 14.2. The van der Waals surface area contributed by atoms with Crippen molar-refractivity contribution in [2.45, 2.75) is 49.7 Å². The monoisotopic (exact) mass is 643 g/mol. The smallest absolute Gasteiger partial charge is 0.338 e. The minimum Gasteiger partial charge on any atom is -0.484 e. The lowest BCUT2D eigenvalue weighted by Gasteiger charge is -2.28. The number of halogens is 1. The molecule has 1 fully saturated rings. The molecule has 2 aliphatic heterocycles. The maximum atomic E-state index is 13.7. The molecule has 0 spiro atoms. The van der Waals surface area contributed by atoms with Crippen LogP contribution in [-0.2, 0) is 26.7 Å². The molecule has 3 aromatic carbocycles. The molecule has 232 valence electrons. The number of allylic oxidation sites excluding steroid dienone is 1. The lowest BCUT2D eigenvalue weighted by Crippen LogP contribution is -2.38. The number of likely N-dealkylation sites (tertiary alicyclic amines) is 1. The number of hydrogen-bond acceptors (Lipinski definition) is 8. The zero-order chi connectivity index (χ0) is 31.2. The van der Waals surface area contributed by atoms with E-state index in [4.69, 9.17) is 31.2 Å². The zero-order valence-electron chi connectivity index (χ0n) is 24.9. The van der Waals surface area contributed by atoms with Gasteiger partial charge in [0.2, 0.25) is 11.1 Å². The van der Waals surface area contributed by atoms with Crippen LogP contribution in [-0.4, -0.2) is 51.2 Å². The highest BCUT2D eigenvalue weighted by atomic mass is 35.5. The molecule has 0 radical (unpaired) electrons. The average molecular weight is 644 g/mol. The highest BCUT2D eigenvalue weighted by molar-refractivity contribution is 7.98. The number of nitrogens with zero attached hydrogens (tertiary/aromatic N) is 4. The minimum atomic E-state index is -0.601. The Morgan fingerprint density at radius 1 is 0.978 bits per heavy atom. The molecule has 4 aromatic rings. The van der Waals surface area contributed by atoms with E-state index in [9.17, 15) is 9.59 Å². The van der Waals surface area contributed by atoms with Gasteiger partial charge in [-0.3, -0.25) is 4.79 Å². The topological polar surface area (TPSA) is 98.6 Å². The summed E-state index contributed by atoms with van der Waals surface area (Å²) in [5, 5.41) is 9.30. The Hall–Kier alpha value is -4.28. The number of carbonyl (C=O) groups excluding carboxylic acids is 2. The lowest BCUT2D eigenvalue weighted by atomic mass is 9.95. The van der Waals surface area contributed by atoms with Gasteiger partial charge in [0.1, 0.15) is 18.4 Å². The van der Waals surface area contributed by atoms with Crippen LogP contribution in [0.15, 0.2) is 95.3 Å². The predicted molar refractivity (Wildman–Crippen MR) is 174 cm³/mol. The van der Waals surface area contributed by atoms with E-state index < -0.39 is 12.0 Å². The molecule has 11 heteroatoms. The summed E-state index contributed by atoms with van der Waals surface area (Å²) in [6, 6.07) is 24.0. The van der Waals surface area contributed by atoms with Gasteiger partial charge in [0.05, 0.1) is 5.57 Å². The second-order valence-electron chi connectivity index (χ2n) is 11.0. The summed E-state index contributed by atoms with van der Waals surface area (Å²) in [5.74, 6) is 1.22. The number of rotatable bonds is 10. The number of piperidine rings is 1. The third-order valence-corrected chi connectivity index (χ3v) is 9.10. The minimum absolute atomic E-state index is 0.00628. The van der Waals surface area contributed by atoms with Crippen molar-refractivity contribution in [1.29, 1.82) is 0 Å². The van der Waals surface area contributed by atoms with Crippen LogP contribution in [0.1, 0.15) is 48.9 Å². The Balaban J connectivity index is 1.24. The van der Waals surface area contributed by atoms with Gasteiger partial charge in [-0.2, -0.15) is 4.98 Å². The summed E-state index contributed by atoms with van der Waals surface area (Å²) >= 11 is 7.83. The third-order valence-electron chi connectivity index (χ3n) is 7.85. The van der Waals surface area contributed by atoms with Crippen molar-refractivity contribution in [3.05, 3.63) is 112 Å². The molecule has 1 N–H and O–H groups in total. The molecular formula is C34H34ClN5O4S. The number of carbonyl (C=O) groups is 2. The van der Waals surface area contributed by atoms with E-state index in [-0.39, 0.29) is 19.1 Å². The van der Waals surface area contributed by atoms with E-state index >= 15 is 0 Å². The van der Waals surface area contributed by atoms with Crippen LogP contribution >= 0.6 is 23.4 Å². The van der Waals surface area contributed by atoms with Gasteiger partial charge in [-0.1, -0.05) is 84.0 Å². The summed E-state index contributed by atoms with van der Waals surface area (Å²) in [5.41, 5.74) is 3.74. The van der Waals surface area contributed by atoms with Crippen molar-refractivity contribution in [2.75, 3.05) is 25.0 Å². The van der Waals surface area contributed by atoms with Crippen molar-refractivity contribution < 1.29 is 19.1 Å². The Morgan fingerprint density at radius 3 is 2.47 bits per heavy atom. The van der Waals surface area contributed by atoms with Crippen molar-refractivity contribution in [3.8, 4) is 5.75 Å². The molecule has 0 aliphatic carbocycles. The Kier molecular flexibility index (Phi) is 9.71. The van der Waals surface area contributed by atoms with E-state index in [2.05, 4.69) is 5.32 Å². The van der Waals surface area contributed by atoms with Gasteiger partial charge < -0.3 is 19.7 Å². The first kappa shape index (κ1) is 30.7. The van der Waals surface area contributed by atoms with Gasteiger partial charge >= 0.3 is 5.97 Å². The van der Waals surface area contributed by atoms with Gasteiger partial charge in [-0.25, -0.2) is 9.48 Å². The van der Waals surface area contributed by atoms with Crippen LogP contribution < -0.4 is 10.1 Å². The molecule has 0 saturated carbocycles. The Labute approximate surface area is 271 Å². The third kappa shape index (κ3) is 7.34. The lowest BCUT2D eigenvalue weighted by molar-refractivity contribution is -0.141. The van der Waals surface area contributed by atoms with E-state index in [1.807, 2.05) is 90.7 Å².